The summed E-state index contributed by atoms with van der Waals surface area (Å²) in [5.74, 6) is 0. The molecule has 0 aliphatic carbocycles. The van der Waals surface area contributed by atoms with E-state index in [0.717, 1.165) is 44.8 Å². The van der Waals surface area contributed by atoms with E-state index in [4.69, 9.17) is 0 Å². The Labute approximate surface area is 150 Å². The number of carbonyl (C=O) groups is 1. The molecule has 0 unspecified atom stereocenters. The van der Waals surface area contributed by atoms with Crippen LogP contribution in [-0.2, 0) is 13.0 Å². The molecular formula is C21H27N3O. The van der Waals surface area contributed by atoms with Gasteiger partial charge in [0.25, 0.3) is 0 Å². The quantitative estimate of drug-likeness (QED) is 0.918. The monoisotopic (exact) mass is 337 g/mol. The molecule has 0 spiro atoms. The lowest BCUT2D eigenvalue weighted by Crippen LogP contribution is -2.49. The Bertz CT molecular complexity index is 703. The number of benzene rings is 2. The van der Waals surface area contributed by atoms with Crippen molar-refractivity contribution in [3.8, 4) is 0 Å². The van der Waals surface area contributed by atoms with Gasteiger partial charge in [-0.3, -0.25) is 4.90 Å². The second-order valence-corrected chi connectivity index (χ2v) is 6.73. The Morgan fingerprint density at radius 3 is 2.36 bits per heavy atom. The van der Waals surface area contributed by atoms with Crippen molar-refractivity contribution in [2.24, 2.45) is 0 Å². The van der Waals surface area contributed by atoms with Crippen LogP contribution in [0.2, 0.25) is 0 Å². The van der Waals surface area contributed by atoms with Crippen LogP contribution in [0.25, 0.3) is 0 Å². The van der Waals surface area contributed by atoms with Crippen molar-refractivity contribution in [2.75, 3.05) is 31.5 Å². The molecule has 0 bridgehead atoms. The van der Waals surface area contributed by atoms with Gasteiger partial charge in [0.05, 0.1) is 0 Å². The number of nitrogens with zero attached hydrogens (tertiary/aromatic N) is 2. The van der Waals surface area contributed by atoms with Crippen LogP contribution in [0.3, 0.4) is 0 Å². The standard InChI is InChI=1S/C21H27N3O/c1-3-18-7-9-20(10-8-18)22-21(25)24-13-11-23(12-14-24)16-19-6-4-5-17(2)15-19/h4-10,15H,3,11-14,16H2,1-2H3,(H,22,25). The lowest BCUT2D eigenvalue weighted by molar-refractivity contribution is 0.143. The number of aryl methyl sites for hydroxylation is 2. The lowest BCUT2D eigenvalue weighted by atomic mass is 10.1. The van der Waals surface area contributed by atoms with Gasteiger partial charge in [0, 0.05) is 38.4 Å². The number of amides is 2. The molecule has 1 aliphatic rings. The number of urea groups is 1. The SMILES string of the molecule is CCc1ccc(NC(=O)N2CCN(Cc3cccc(C)c3)CC2)cc1. The van der Waals surface area contributed by atoms with Crippen LogP contribution in [0.4, 0.5) is 10.5 Å². The number of hydrogen-bond donors (Lipinski definition) is 1. The zero-order valence-corrected chi connectivity index (χ0v) is 15.2. The molecule has 0 radical (unpaired) electrons. The summed E-state index contributed by atoms with van der Waals surface area (Å²) in [6, 6.07) is 16.7. The molecule has 0 saturated carbocycles. The fourth-order valence-electron chi connectivity index (χ4n) is 3.20. The van der Waals surface area contributed by atoms with Crippen molar-refractivity contribution in [3.63, 3.8) is 0 Å². The molecule has 2 aromatic carbocycles. The van der Waals surface area contributed by atoms with Crippen molar-refractivity contribution >= 4 is 11.7 Å². The molecule has 1 heterocycles. The zero-order chi connectivity index (χ0) is 17.6. The van der Waals surface area contributed by atoms with E-state index in [1.165, 1.54) is 16.7 Å². The number of nitrogens with one attached hydrogen (secondary N) is 1. The number of piperazine rings is 1. The third-order valence-corrected chi connectivity index (χ3v) is 4.76. The minimum Gasteiger partial charge on any atom is -0.322 e. The van der Waals surface area contributed by atoms with Gasteiger partial charge in [-0.05, 0) is 36.6 Å². The maximum Gasteiger partial charge on any atom is 0.321 e. The summed E-state index contributed by atoms with van der Waals surface area (Å²) in [5, 5.41) is 3.00. The van der Waals surface area contributed by atoms with E-state index in [1.807, 2.05) is 17.0 Å². The Kier molecular flexibility index (Phi) is 5.71. The molecule has 4 nitrogen and oxygen atoms in total. The molecular weight excluding hydrogens is 310 g/mol. The first kappa shape index (κ1) is 17.5. The average molecular weight is 337 g/mol. The fraction of sp³-hybridized carbons (Fsp3) is 0.381. The Balaban J connectivity index is 1.48. The van der Waals surface area contributed by atoms with Gasteiger partial charge in [0.1, 0.15) is 0 Å². The molecule has 132 valence electrons. The molecule has 1 fully saturated rings. The van der Waals surface area contributed by atoms with Crippen LogP contribution < -0.4 is 5.32 Å². The summed E-state index contributed by atoms with van der Waals surface area (Å²) in [7, 11) is 0. The van der Waals surface area contributed by atoms with Crippen molar-refractivity contribution in [2.45, 2.75) is 26.8 Å². The van der Waals surface area contributed by atoms with E-state index in [2.05, 4.69) is 60.5 Å². The summed E-state index contributed by atoms with van der Waals surface area (Å²) in [6.07, 6.45) is 1.01. The predicted molar refractivity (Wildman–Crippen MR) is 103 cm³/mol. The first-order valence-electron chi connectivity index (χ1n) is 9.07. The van der Waals surface area contributed by atoms with Crippen molar-refractivity contribution < 1.29 is 4.79 Å². The van der Waals surface area contributed by atoms with Crippen LogP contribution >= 0.6 is 0 Å². The summed E-state index contributed by atoms with van der Waals surface area (Å²) in [5.41, 5.74) is 4.78. The van der Waals surface area contributed by atoms with Crippen LogP contribution in [-0.4, -0.2) is 42.0 Å². The van der Waals surface area contributed by atoms with Gasteiger partial charge in [0.2, 0.25) is 0 Å². The Hall–Kier alpha value is -2.33. The third-order valence-electron chi connectivity index (χ3n) is 4.76. The third kappa shape index (κ3) is 4.83. The fourth-order valence-corrected chi connectivity index (χ4v) is 3.20. The highest BCUT2D eigenvalue weighted by Gasteiger charge is 2.21. The van der Waals surface area contributed by atoms with E-state index >= 15 is 0 Å². The summed E-state index contributed by atoms with van der Waals surface area (Å²) in [6.45, 7) is 8.57. The van der Waals surface area contributed by atoms with E-state index in [1.54, 1.807) is 0 Å². The van der Waals surface area contributed by atoms with Gasteiger partial charge in [0.15, 0.2) is 0 Å². The lowest BCUT2D eigenvalue weighted by Gasteiger charge is -2.34. The Morgan fingerprint density at radius 2 is 1.72 bits per heavy atom. The average Bonchev–Trinajstić information content (AvgIpc) is 2.63. The van der Waals surface area contributed by atoms with Gasteiger partial charge in [-0.1, -0.05) is 48.9 Å². The first-order chi connectivity index (χ1) is 12.1. The van der Waals surface area contributed by atoms with Gasteiger partial charge in [-0.25, -0.2) is 4.79 Å². The topological polar surface area (TPSA) is 35.6 Å². The minimum atomic E-state index is -0.000506. The van der Waals surface area contributed by atoms with E-state index in [-0.39, 0.29) is 6.03 Å². The smallest absolute Gasteiger partial charge is 0.321 e. The van der Waals surface area contributed by atoms with Gasteiger partial charge >= 0.3 is 6.03 Å². The molecule has 4 heteroatoms. The molecule has 1 saturated heterocycles. The van der Waals surface area contributed by atoms with E-state index in [9.17, 15) is 4.79 Å². The molecule has 25 heavy (non-hydrogen) atoms. The molecule has 0 aromatic heterocycles. The van der Waals surface area contributed by atoms with Gasteiger partial charge in [-0.15, -0.1) is 0 Å². The Morgan fingerprint density at radius 1 is 1.00 bits per heavy atom. The van der Waals surface area contributed by atoms with Crippen molar-refractivity contribution in [3.05, 3.63) is 65.2 Å². The number of anilines is 1. The maximum absolute atomic E-state index is 12.4. The van der Waals surface area contributed by atoms with Crippen LogP contribution in [0.15, 0.2) is 48.5 Å². The molecule has 0 atom stereocenters. The summed E-state index contributed by atoms with van der Waals surface area (Å²) in [4.78, 5) is 16.7. The molecule has 1 aliphatic heterocycles. The van der Waals surface area contributed by atoms with E-state index in [0.29, 0.717) is 0 Å². The van der Waals surface area contributed by atoms with Crippen LogP contribution in [0.5, 0.6) is 0 Å². The number of carbonyl (C=O) groups excluding carboxylic acids is 1. The van der Waals surface area contributed by atoms with Gasteiger partial charge < -0.3 is 10.2 Å². The minimum absolute atomic E-state index is 0.000506. The molecule has 2 amide bonds. The second kappa shape index (κ2) is 8.17. The summed E-state index contributed by atoms with van der Waals surface area (Å²) < 4.78 is 0. The van der Waals surface area contributed by atoms with Crippen LogP contribution in [0.1, 0.15) is 23.6 Å². The van der Waals surface area contributed by atoms with Crippen LogP contribution in [0, 0.1) is 6.92 Å². The highest BCUT2D eigenvalue weighted by Crippen LogP contribution is 2.13. The van der Waals surface area contributed by atoms with Gasteiger partial charge in [-0.2, -0.15) is 0 Å². The largest absolute Gasteiger partial charge is 0.322 e. The molecule has 1 N–H and O–H groups in total. The van der Waals surface area contributed by atoms with Crippen molar-refractivity contribution in [1.29, 1.82) is 0 Å². The number of hydrogen-bond acceptors (Lipinski definition) is 2. The summed E-state index contributed by atoms with van der Waals surface area (Å²) >= 11 is 0. The maximum atomic E-state index is 12.4. The highest BCUT2D eigenvalue weighted by atomic mass is 16.2. The number of rotatable bonds is 4. The molecule has 3 rings (SSSR count). The van der Waals surface area contributed by atoms with E-state index < -0.39 is 0 Å². The molecule has 2 aromatic rings. The second-order valence-electron chi connectivity index (χ2n) is 6.73. The van der Waals surface area contributed by atoms with Crippen molar-refractivity contribution in [1.82, 2.24) is 9.80 Å². The highest BCUT2D eigenvalue weighted by molar-refractivity contribution is 5.89. The predicted octanol–water partition coefficient (Wildman–Crippen LogP) is 3.91. The zero-order valence-electron chi connectivity index (χ0n) is 15.2. The normalized spacial score (nSPS) is 15.2. The first-order valence-corrected chi connectivity index (χ1v) is 9.07.